The maximum atomic E-state index is 12.9. The van der Waals surface area contributed by atoms with Crippen molar-refractivity contribution in [3.63, 3.8) is 0 Å². The van der Waals surface area contributed by atoms with Crippen LogP contribution in [0.3, 0.4) is 0 Å². The van der Waals surface area contributed by atoms with Crippen LogP contribution in [0.1, 0.15) is 26.3 Å². The number of hydrogen-bond acceptors (Lipinski definition) is 4. The van der Waals surface area contributed by atoms with Crippen LogP contribution in [-0.4, -0.2) is 22.3 Å². The van der Waals surface area contributed by atoms with Gasteiger partial charge in [0.15, 0.2) is 0 Å². The van der Waals surface area contributed by atoms with E-state index < -0.39 is 6.04 Å². The molecule has 1 heterocycles. The van der Waals surface area contributed by atoms with Crippen LogP contribution in [0.5, 0.6) is 5.75 Å². The number of anilines is 1. The molecule has 0 unspecified atom stereocenters. The van der Waals surface area contributed by atoms with Crippen molar-refractivity contribution in [2.24, 2.45) is 0 Å². The Morgan fingerprint density at radius 2 is 1.75 bits per heavy atom. The average molecular weight is 377 g/mol. The average Bonchev–Trinajstić information content (AvgIpc) is 2.72. The van der Waals surface area contributed by atoms with Crippen molar-refractivity contribution in [1.82, 2.24) is 9.78 Å². The SMILES string of the molecule is CCOc1ccccc1NC(=O)[C@@H](CC)n1nc(-c2ccccc2)ccc1=O. The summed E-state index contributed by atoms with van der Waals surface area (Å²) in [5, 5.41) is 7.31. The zero-order valence-electron chi connectivity index (χ0n) is 16.0. The first kappa shape index (κ1) is 19.4. The fourth-order valence-corrected chi connectivity index (χ4v) is 2.95. The second-order valence-electron chi connectivity index (χ2n) is 6.21. The predicted molar refractivity (Wildman–Crippen MR) is 110 cm³/mol. The number of aromatic nitrogens is 2. The number of rotatable bonds is 7. The third kappa shape index (κ3) is 4.28. The number of para-hydroxylation sites is 2. The minimum absolute atomic E-state index is 0.311. The maximum absolute atomic E-state index is 12.9. The maximum Gasteiger partial charge on any atom is 0.267 e. The third-order valence-corrected chi connectivity index (χ3v) is 4.32. The summed E-state index contributed by atoms with van der Waals surface area (Å²) in [5.74, 6) is 0.279. The fraction of sp³-hybridized carbons (Fsp3) is 0.227. The molecule has 144 valence electrons. The predicted octanol–water partition coefficient (Wildman–Crippen LogP) is 3.90. The molecule has 0 spiro atoms. The molecule has 3 rings (SSSR count). The van der Waals surface area contributed by atoms with Crippen molar-refractivity contribution < 1.29 is 9.53 Å². The summed E-state index contributed by atoms with van der Waals surface area (Å²) in [6.07, 6.45) is 0.424. The van der Waals surface area contributed by atoms with Crippen molar-refractivity contribution in [2.75, 3.05) is 11.9 Å². The number of ether oxygens (including phenoxy) is 1. The second-order valence-corrected chi connectivity index (χ2v) is 6.21. The van der Waals surface area contributed by atoms with Gasteiger partial charge in [0.1, 0.15) is 11.8 Å². The molecular weight excluding hydrogens is 354 g/mol. The number of carbonyl (C=O) groups excluding carboxylic acids is 1. The topological polar surface area (TPSA) is 73.2 Å². The van der Waals surface area contributed by atoms with E-state index in [-0.39, 0.29) is 11.5 Å². The monoisotopic (exact) mass is 377 g/mol. The van der Waals surface area contributed by atoms with Crippen LogP contribution in [0.15, 0.2) is 71.5 Å². The molecule has 0 radical (unpaired) electrons. The lowest BCUT2D eigenvalue weighted by Crippen LogP contribution is -2.34. The standard InChI is InChI=1S/C22H23N3O3/c1-3-19(22(27)23-18-12-8-9-13-20(18)28-4-2)25-21(26)15-14-17(24-25)16-10-6-5-7-11-16/h5-15,19H,3-4H2,1-2H3,(H,23,27)/t19-/m1/s1. The summed E-state index contributed by atoms with van der Waals surface area (Å²) in [7, 11) is 0. The summed E-state index contributed by atoms with van der Waals surface area (Å²) in [6.45, 7) is 4.22. The Morgan fingerprint density at radius 3 is 2.46 bits per heavy atom. The molecule has 0 fully saturated rings. The van der Waals surface area contributed by atoms with E-state index in [4.69, 9.17) is 4.74 Å². The van der Waals surface area contributed by atoms with Gasteiger partial charge in [-0.3, -0.25) is 9.59 Å². The highest BCUT2D eigenvalue weighted by atomic mass is 16.5. The number of nitrogens with zero attached hydrogens (tertiary/aromatic N) is 2. The molecule has 1 amide bonds. The van der Waals surface area contributed by atoms with Crippen LogP contribution >= 0.6 is 0 Å². The minimum Gasteiger partial charge on any atom is -0.492 e. The largest absolute Gasteiger partial charge is 0.492 e. The zero-order valence-corrected chi connectivity index (χ0v) is 16.0. The highest BCUT2D eigenvalue weighted by Gasteiger charge is 2.22. The first-order valence-electron chi connectivity index (χ1n) is 9.32. The first-order valence-corrected chi connectivity index (χ1v) is 9.32. The summed E-state index contributed by atoms with van der Waals surface area (Å²) in [6, 6.07) is 19.2. The smallest absolute Gasteiger partial charge is 0.267 e. The summed E-state index contributed by atoms with van der Waals surface area (Å²) >= 11 is 0. The molecule has 6 heteroatoms. The normalized spacial score (nSPS) is 11.6. The lowest BCUT2D eigenvalue weighted by molar-refractivity contribution is -0.119. The van der Waals surface area contributed by atoms with Crippen LogP contribution in [0.4, 0.5) is 5.69 Å². The van der Waals surface area contributed by atoms with E-state index in [1.807, 2.05) is 56.3 Å². The van der Waals surface area contributed by atoms with E-state index in [0.29, 0.717) is 30.2 Å². The Bertz CT molecular complexity index is 999. The number of benzene rings is 2. The van der Waals surface area contributed by atoms with E-state index >= 15 is 0 Å². The van der Waals surface area contributed by atoms with Crippen LogP contribution < -0.4 is 15.6 Å². The minimum atomic E-state index is -0.731. The summed E-state index contributed by atoms with van der Waals surface area (Å²) in [5.41, 5.74) is 1.77. The quantitative estimate of drug-likeness (QED) is 0.678. The molecule has 1 aromatic heterocycles. The number of carbonyl (C=O) groups is 1. The van der Waals surface area contributed by atoms with E-state index in [9.17, 15) is 9.59 Å². The van der Waals surface area contributed by atoms with E-state index in [1.54, 1.807) is 18.2 Å². The molecule has 0 bridgehead atoms. The van der Waals surface area contributed by atoms with Crippen molar-refractivity contribution in [1.29, 1.82) is 0 Å². The highest BCUT2D eigenvalue weighted by molar-refractivity contribution is 5.95. The van der Waals surface area contributed by atoms with Gasteiger partial charge in [-0.1, -0.05) is 49.4 Å². The Labute approximate surface area is 163 Å². The van der Waals surface area contributed by atoms with E-state index in [2.05, 4.69) is 10.4 Å². The zero-order chi connectivity index (χ0) is 19.9. The summed E-state index contributed by atoms with van der Waals surface area (Å²) in [4.78, 5) is 25.4. The van der Waals surface area contributed by atoms with Crippen LogP contribution in [0, 0.1) is 0 Å². The number of nitrogens with one attached hydrogen (secondary N) is 1. The molecular formula is C22H23N3O3. The van der Waals surface area contributed by atoms with Crippen LogP contribution in [-0.2, 0) is 4.79 Å². The van der Waals surface area contributed by atoms with Crippen molar-refractivity contribution in [3.05, 3.63) is 77.1 Å². The van der Waals surface area contributed by atoms with E-state index in [1.165, 1.54) is 10.7 Å². The van der Waals surface area contributed by atoms with Gasteiger partial charge < -0.3 is 10.1 Å². The number of amides is 1. The van der Waals surface area contributed by atoms with E-state index in [0.717, 1.165) is 5.56 Å². The molecule has 2 aromatic carbocycles. The van der Waals surface area contributed by atoms with Gasteiger partial charge in [0.05, 0.1) is 18.0 Å². The van der Waals surface area contributed by atoms with Gasteiger partial charge in [-0.25, -0.2) is 4.68 Å². The van der Waals surface area contributed by atoms with Gasteiger partial charge in [-0.05, 0) is 31.5 Å². The molecule has 6 nitrogen and oxygen atoms in total. The molecule has 0 aliphatic heterocycles. The molecule has 0 aliphatic carbocycles. The highest BCUT2D eigenvalue weighted by Crippen LogP contribution is 2.25. The summed E-state index contributed by atoms with van der Waals surface area (Å²) < 4.78 is 6.81. The van der Waals surface area contributed by atoms with Gasteiger partial charge >= 0.3 is 0 Å². The van der Waals surface area contributed by atoms with Gasteiger partial charge in [0.2, 0.25) is 5.91 Å². The lowest BCUT2D eigenvalue weighted by Gasteiger charge is -2.18. The molecule has 0 saturated carbocycles. The molecule has 0 aliphatic rings. The van der Waals surface area contributed by atoms with Crippen molar-refractivity contribution >= 4 is 11.6 Å². The van der Waals surface area contributed by atoms with Gasteiger partial charge in [0, 0.05) is 11.6 Å². The van der Waals surface area contributed by atoms with Crippen LogP contribution in [0.2, 0.25) is 0 Å². The Morgan fingerprint density at radius 1 is 1.04 bits per heavy atom. The number of hydrogen-bond donors (Lipinski definition) is 1. The molecule has 1 N–H and O–H groups in total. The Kier molecular flexibility index (Phi) is 6.22. The second kappa shape index (κ2) is 8.99. The fourth-order valence-electron chi connectivity index (χ4n) is 2.95. The molecule has 3 aromatic rings. The van der Waals surface area contributed by atoms with Crippen LogP contribution in [0.25, 0.3) is 11.3 Å². The molecule has 1 atom stereocenters. The van der Waals surface area contributed by atoms with Crippen molar-refractivity contribution in [3.8, 4) is 17.0 Å². The Hall–Kier alpha value is -3.41. The Balaban J connectivity index is 1.91. The first-order chi connectivity index (χ1) is 13.6. The third-order valence-electron chi connectivity index (χ3n) is 4.32. The van der Waals surface area contributed by atoms with Crippen molar-refractivity contribution in [2.45, 2.75) is 26.3 Å². The van der Waals surface area contributed by atoms with Gasteiger partial charge in [0.25, 0.3) is 5.56 Å². The molecule has 0 saturated heterocycles. The molecule has 28 heavy (non-hydrogen) atoms. The van der Waals surface area contributed by atoms with Gasteiger partial charge in [-0.15, -0.1) is 0 Å². The van der Waals surface area contributed by atoms with Gasteiger partial charge in [-0.2, -0.15) is 5.10 Å². The lowest BCUT2D eigenvalue weighted by atomic mass is 10.1.